The van der Waals surface area contributed by atoms with Crippen LogP contribution in [-0.4, -0.2) is 39.6 Å². The number of nitro benzene ring substituents is 1. The Bertz CT molecular complexity index is 853. The van der Waals surface area contributed by atoms with Crippen LogP contribution in [0.15, 0.2) is 24.4 Å². The summed E-state index contributed by atoms with van der Waals surface area (Å²) in [4.78, 5) is 28.1. The van der Waals surface area contributed by atoms with E-state index in [1.165, 1.54) is 6.07 Å². The van der Waals surface area contributed by atoms with Crippen molar-refractivity contribution in [3.05, 3.63) is 40.1 Å². The number of aromatic nitrogens is 1. The van der Waals surface area contributed by atoms with Gasteiger partial charge < -0.3 is 14.6 Å². The maximum absolute atomic E-state index is 12.4. The zero-order valence-electron chi connectivity index (χ0n) is 16.3. The van der Waals surface area contributed by atoms with Gasteiger partial charge in [-0.15, -0.1) is 0 Å². The molecule has 0 radical (unpaired) electrons. The minimum atomic E-state index is -0.519. The van der Waals surface area contributed by atoms with Crippen molar-refractivity contribution in [3.8, 4) is 0 Å². The molecule has 1 aromatic carbocycles. The summed E-state index contributed by atoms with van der Waals surface area (Å²) in [5, 5.41) is 12.0. The molecule has 1 fully saturated rings. The van der Waals surface area contributed by atoms with Crippen LogP contribution in [0.5, 0.6) is 0 Å². The van der Waals surface area contributed by atoms with Gasteiger partial charge in [-0.3, -0.25) is 10.1 Å². The molecule has 2 aromatic rings. The van der Waals surface area contributed by atoms with Gasteiger partial charge in [-0.1, -0.05) is 6.42 Å². The first-order chi connectivity index (χ1) is 12.7. The van der Waals surface area contributed by atoms with Crippen molar-refractivity contribution in [3.63, 3.8) is 0 Å². The minimum absolute atomic E-state index is 0.0987. The van der Waals surface area contributed by atoms with Crippen LogP contribution in [0.1, 0.15) is 57.9 Å². The van der Waals surface area contributed by atoms with E-state index >= 15 is 0 Å². The predicted molar refractivity (Wildman–Crippen MR) is 104 cm³/mol. The highest BCUT2D eigenvalue weighted by Gasteiger charge is 2.31. The number of hydrogen-bond acceptors (Lipinski definition) is 4. The molecular weight excluding hydrogens is 346 g/mol. The van der Waals surface area contributed by atoms with Crippen LogP contribution < -0.4 is 0 Å². The molecule has 0 unspecified atom stereocenters. The van der Waals surface area contributed by atoms with Gasteiger partial charge >= 0.3 is 6.09 Å². The third-order valence-corrected chi connectivity index (χ3v) is 5.22. The first kappa shape index (κ1) is 19.2. The van der Waals surface area contributed by atoms with Gasteiger partial charge in [-0.25, -0.2) is 4.79 Å². The largest absolute Gasteiger partial charge is 0.444 e. The van der Waals surface area contributed by atoms with E-state index in [1.807, 2.05) is 27.0 Å². The van der Waals surface area contributed by atoms with Crippen LogP contribution in [0.2, 0.25) is 0 Å². The Morgan fingerprint density at radius 2 is 2.07 bits per heavy atom. The summed E-state index contributed by atoms with van der Waals surface area (Å²) in [5.41, 5.74) is 1.57. The number of non-ortho nitro benzene ring substituents is 1. The molecule has 1 saturated carbocycles. The lowest BCUT2D eigenvalue weighted by Gasteiger charge is -2.36. The van der Waals surface area contributed by atoms with E-state index in [-0.39, 0.29) is 28.7 Å². The van der Waals surface area contributed by atoms with Crippen LogP contribution in [-0.2, 0) is 4.74 Å². The quantitative estimate of drug-likeness (QED) is 0.608. The van der Waals surface area contributed by atoms with Crippen molar-refractivity contribution >= 4 is 22.7 Å². The third kappa shape index (κ3) is 4.23. The molecule has 146 valence electrons. The summed E-state index contributed by atoms with van der Waals surface area (Å²) in [7, 11) is 1.79. The zero-order valence-corrected chi connectivity index (χ0v) is 16.3. The molecule has 1 aliphatic rings. The summed E-state index contributed by atoms with van der Waals surface area (Å²) in [6.07, 6.45) is 5.43. The summed E-state index contributed by atoms with van der Waals surface area (Å²) in [6.45, 7) is 5.59. The topological polar surface area (TPSA) is 88.5 Å². The average molecular weight is 373 g/mol. The highest BCUT2D eigenvalue weighted by atomic mass is 16.6. The van der Waals surface area contributed by atoms with Crippen molar-refractivity contribution in [2.45, 2.75) is 64.0 Å². The summed E-state index contributed by atoms with van der Waals surface area (Å²) < 4.78 is 5.50. The first-order valence-electron chi connectivity index (χ1n) is 9.37. The van der Waals surface area contributed by atoms with E-state index in [4.69, 9.17) is 4.74 Å². The Kier molecular flexibility index (Phi) is 5.13. The zero-order chi connectivity index (χ0) is 19.8. The number of ether oxygens (including phenoxy) is 1. The van der Waals surface area contributed by atoms with E-state index in [2.05, 4.69) is 4.98 Å². The first-order valence-corrected chi connectivity index (χ1v) is 9.37. The standard InChI is InChI=1S/C20H27N3O4/c1-20(2,3)27-19(24)22(4)14-7-5-6-13(10-14)17-12-21-18-9-8-15(23(25)26)11-16(17)18/h8-9,11-14,21H,5-7,10H2,1-4H3/t13-,14-/m0/s1. The highest BCUT2D eigenvalue weighted by molar-refractivity contribution is 5.86. The second kappa shape index (κ2) is 7.21. The molecule has 7 heteroatoms. The number of nitrogens with one attached hydrogen (secondary N) is 1. The number of hydrogen-bond donors (Lipinski definition) is 1. The number of amides is 1. The number of carbonyl (C=O) groups excluding carboxylic acids is 1. The van der Waals surface area contributed by atoms with Crippen molar-refractivity contribution in [2.75, 3.05) is 7.05 Å². The van der Waals surface area contributed by atoms with E-state index < -0.39 is 5.60 Å². The molecule has 1 N–H and O–H groups in total. The van der Waals surface area contributed by atoms with Gasteiger partial charge in [-0.2, -0.15) is 0 Å². The molecule has 1 aliphatic carbocycles. The number of nitro groups is 1. The van der Waals surface area contributed by atoms with Crippen molar-refractivity contribution in [1.82, 2.24) is 9.88 Å². The highest BCUT2D eigenvalue weighted by Crippen LogP contribution is 2.39. The Morgan fingerprint density at radius 3 is 2.74 bits per heavy atom. The maximum Gasteiger partial charge on any atom is 0.410 e. The fourth-order valence-electron chi connectivity index (χ4n) is 3.86. The Labute approximate surface area is 158 Å². The molecule has 2 atom stereocenters. The maximum atomic E-state index is 12.4. The molecule has 27 heavy (non-hydrogen) atoms. The smallest absolute Gasteiger partial charge is 0.410 e. The van der Waals surface area contributed by atoms with Gasteiger partial charge in [0.2, 0.25) is 0 Å². The van der Waals surface area contributed by atoms with Crippen LogP contribution in [0.4, 0.5) is 10.5 Å². The molecule has 7 nitrogen and oxygen atoms in total. The van der Waals surface area contributed by atoms with E-state index in [9.17, 15) is 14.9 Å². The van der Waals surface area contributed by atoms with Crippen molar-refractivity contribution in [1.29, 1.82) is 0 Å². The Balaban J connectivity index is 1.80. The van der Waals surface area contributed by atoms with Crippen molar-refractivity contribution in [2.24, 2.45) is 0 Å². The minimum Gasteiger partial charge on any atom is -0.444 e. The number of benzene rings is 1. The fraction of sp³-hybridized carbons (Fsp3) is 0.550. The Hall–Kier alpha value is -2.57. The fourth-order valence-corrected chi connectivity index (χ4v) is 3.86. The summed E-state index contributed by atoms with van der Waals surface area (Å²) in [5.74, 6) is 0.254. The van der Waals surface area contributed by atoms with Crippen molar-refractivity contribution < 1.29 is 14.5 Å². The lowest BCUT2D eigenvalue weighted by Crippen LogP contribution is -2.42. The van der Waals surface area contributed by atoms with Gasteiger partial charge in [0.1, 0.15) is 5.60 Å². The monoisotopic (exact) mass is 373 g/mol. The van der Waals surface area contributed by atoms with E-state index in [0.717, 1.165) is 42.1 Å². The van der Waals surface area contributed by atoms with E-state index in [0.29, 0.717) is 0 Å². The second-order valence-electron chi connectivity index (χ2n) is 8.34. The van der Waals surface area contributed by atoms with Crippen LogP contribution in [0.3, 0.4) is 0 Å². The number of carbonyl (C=O) groups is 1. The Morgan fingerprint density at radius 1 is 1.33 bits per heavy atom. The summed E-state index contributed by atoms with van der Waals surface area (Å²) >= 11 is 0. The van der Waals surface area contributed by atoms with E-state index in [1.54, 1.807) is 24.1 Å². The van der Waals surface area contributed by atoms with Gasteiger partial charge in [0, 0.05) is 42.3 Å². The predicted octanol–water partition coefficient (Wildman–Crippen LogP) is 4.97. The SMILES string of the molecule is CN(C(=O)OC(C)(C)C)[C@H]1CCC[C@H](c2c[nH]c3ccc([N+](=O)[O-])cc23)C1. The third-order valence-electron chi connectivity index (χ3n) is 5.22. The van der Waals surface area contributed by atoms with Gasteiger partial charge in [0.05, 0.1) is 4.92 Å². The average Bonchev–Trinajstić information content (AvgIpc) is 3.02. The number of fused-ring (bicyclic) bond motifs is 1. The van der Waals surface area contributed by atoms with Gasteiger partial charge in [0.15, 0.2) is 0 Å². The van der Waals surface area contributed by atoms with Crippen LogP contribution in [0, 0.1) is 10.1 Å². The normalized spacial score (nSPS) is 20.4. The van der Waals surface area contributed by atoms with Gasteiger partial charge in [-0.05, 0) is 57.6 Å². The molecule has 0 spiro atoms. The molecule has 1 heterocycles. The molecule has 0 saturated heterocycles. The van der Waals surface area contributed by atoms with Gasteiger partial charge in [0.25, 0.3) is 5.69 Å². The molecule has 3 rings (SSSR count). The lowest BCUT2D eigenvalue weighted by molar-refractivity contribution is -0.384. The number of aromatic amines is 1. The number of nitrogens with zero attached hydrogens (tertiary/aromatic N) is 2. The molecular formula is C20H27N3O4. The number of H-pyrrole nitrogens is 1. The number of rotatable bonds is 3. The lowest BCUT2D eigenvalue weighted by atomic mass is 9.81. The molecule has 0 bridgehead atoms. The molecule has 1 aromatic heterocycles. The van der Waals surface area contributed by atoms with Crippen LogP contribution >= 0.6 is 0 Å². The van der Waals surface area contributed by atoms with Crippen LogP contribution in [0.25, 0.3) is 10.9 Å². The molecule has 0 aliphatic heterocycles. The second-order valence-corrected chi connectivity index (χ2v) is 8.34. The molecule has 1 amide bonds. The summed E-state index contributed by atoms with van der Waals surface area (Å²) in [6, 6.07) is 5.01.